The molecule has 1 aliphatic rings. The van der Waals surface area contributed by atoms with E-state index in [1.165, 1.54) is 5.56 Å². The van der Waals surface area contributed by atoms with Gasteiger partial charge in [-0.1, -0.05) is 44.2 Å². The summed E-state index contributed by atoms with van der Waals surface area (Å²) < 4.78 is 5.71. The highest BCUT2D eigenvalue weighted by molar-refractivity contribution is 5.21. The Labute approximate surface area is 109 Å². The zero-order valence-corrected chi connectivity index (χ0v) is 11.2. The van der Waals surface area contributed by atoms with E-state index in [0.29, 0.717) is 12.5 Å². The summed E-state index contributed by atoms with van der Waals surface area (Å²) in [6.45, 7) is 7.22. The predicted octanol–water partition coefficient (Wildman–Crippen LogP) is 2.08. The minimum atomic E-state index is -0.111. The largest absolute Gasteiger partial charge is 0.394 e. The van der Waals surface area contributed by atoms with Crippen LogP contribution in [0.2, 0.25) is 0 Å². The van der Waals surface area contributed by atoms with Crippen LogP contribution >= 0.6 is 0 Å². The van der Waals surface area contributed by atoms with E-state index in [4.69, 9.17) is 4.74 Å². The maximum Gasteiger partial charge on any atom is 0.100 e. The van der Waals surface area contributed by atoms with Crippen molar-refractivity contribution in [1.29, 1.82) is 0 Å². The molecule has 0 amide bonds. The van der Waals surface area contributed by atoms with Gasteiger partial charge in [-0.25, -0.2) is 0 Å². The Hall–Kier alpha value is -0.900. The number of ether oxygens (including phenoxy) is 1. The number of hydrogen-bond acceptors (Lipinski definition) is 3. The lowest BCUT2D eigenvalue weighted by atomic mass is 9.97. The number of morpholine rings is 1. The van der Waals surface area contributed by atoms with E-state index < -0.39 is 0 Å². The Bertz CT molecular complexity index is 353. The molecule has 1 aromatic carbocycles. The average Bonchev–Trinajstić information content (AvgIpc) is 2.38. The Kier molecular flexibility index (Phi) is 4.75. The summed E-state index contributed by atoms with van der Waals surface area (Å²) in [5, 5.41) is 9.52. The van der Waals surface area contributed by atoms with E-state index in [2.05, 4.69) is 30.9 Å². The SMILES string of the molecule is CC(C)CN1CCO[C@H](CO)[C@H]1c1ccccc1. The number of benzene rings is 1. The minimum Gasteiger partial charge on any atom is -0.394 e. The maximum atomic E-state index is 9.52. The van der Waals surface area contributed by atoms with Crippen LogP contribution in [0.3, 0.4) is 0 Å². The molecule has 1 aromatic rings. The van der Waals surface area contributed by atoms with E-state index in [0.717, 1.165) is 13.1 Å². The summed E-state index contributed by atoms with van der Waals surface area (Å²) in [6.07, 6.45) is -0.111. The fourth-order valence-corrected chi connectivity index (χ4v) is 2.69. The molecule has 2 atom stereocenters. The van der Waals surface area contributed by atoms with Crippen molar-refractivity contribution in [2.24, 2.45) is 5.92 Å². The number of aliphatic hydroxyl groups is 1. The summed E-state index contributed by atoms with van der Waals surface area (Å²) >= 11 is 0. The molecule has 3 nitrogen and oxygen atoms in total. The van der Waals surface area contributed by atoms with Crippen LogP contribution in [0.15, 0.2) is 30.3 Å². The van der Waals surface area contributed by atoms with E-state index in [9.17, 15) is 5.11 Å². The standard InChI is InChI=1S/C15H23NO2/c1-12(2)10-16-8-9-18-14(11-17)15(16)13-6-4-3-5-7-13/h3-7,12,14-15,17H,8-11H2,1-2H3/t14-,15-/m1/s1. The normalized spacial score (nSPS) is 25.6. The Balaban J connectivity index is 2.22. The third-order valence-electron chi connectivity index (χ3n) is 3.38. The maximum absolute atomic E-state index is 9.52. The highest BCUT2D eigenvalue weighted by Gasteiger charge is 2.33. The summed E-state index contributed by atoms with van der Waals surface area (Å²) in [7, 11) is 0. The van der Waals surface area contributed by atoms with Crippen molar-refractivity contribution < 1.29 is 9.84 Å². The van der Waals surface area contributed by atoms with Gasteiger partial charge in [0.25, 0.3) is 0 Å². The van der Waals surface area contributed by atoms with Gasteiger partial charge < -0.3 is 9.84 Å². The second-order valence-corrected chi connectivity index (χ2v) is 5.34. The average molecular weight is 249 g/mol. The second kappa shape index (κ2) is 6.32. The van der Waals surface area contributed by atoms with Crippen LogP contribution in [0.5, 0.6) is 0 Å². The molecule has 2 rings (SSSR count). The molecule has 0 unspecified atom stereocenters. The van der Waals surface area contributed by atoms with Crippen molar-refractivity contribution in [2.45, 2.75) is 26.0 Å². The van der Waals surface area contributed by atoms with Crippen LogP contribution in [-0.4, -0.2) is 42.4 Å². The number of hydrogen-bond donors (Lipinski definition) is 1. The summed E-state index contributed by atoms with van der Waals surface area (Å²) in [5.41, 5.74) is 1.23. The van der Waals surface area contributed by atoms with Crippen molar-refractivity contribution in [2.75, 3.05) is 26.3 Å². The third-order valence-corrected chi connectivity index (χ3v) is 3.38. The smallest absolute Gasteiger partial charge is 0.100 e. The zero-order chi connectivity index (χ0) is 13.0. The molecule has 1 aliphatic heterocycles. The molecule has 1 N–H and O–H groups in total. The van der Waals surface area contributed by atoms with Gasteiger partial charge in [0.2, 0.25) is 0 Å². The van der Waals surface area contributed by atoms with E-state index in [-0.39, 0.29) is 18.8 Å². The van der Waals surface area contributed by atoms with Crippen LogP contribution in [0.1, 0.15) is 25.5 Å². The molecule has 1 fully saturated rings. The van der Waals surface area contributed by atoms with Gasteiger partial charge in [-0.15, -0.1) is 0 Å². The summed E-state index contributed by atoms with van der Waals surface area (Å²) in [6, 6.07) is 10.5. The lowest BCUT2D eigenvalue weighted by Gasteiger charge is -2.41. The van der Waals surface area contributed by atoms with Gasteiger partial charge in [0.1, 0.15) is 6.10 Å². The lowest BCUT2D eigenvalue weighted by Crippen LogP contribution is -2.48. The fraction of sp³-hybridized carbons (Fsp3) is 0.600. The molecule has 0 spiro atoms. The Morgan fingerprint density at radius 3 is 2.67 bits per heavy atom. The predicted molar refractivity (Wildman–Crippen MR) is 72.4 cm³/mol. The van der Waals surface area contributed by atoms with Crippen molar-refractivity contribution >= 4 is 0 Å². The van der Waals surface area contributed by atoms with Crippen LogP contribution < -0.4 is 0 Å². The first-order chi connectivity index (χ1) is 8.72. The molecule has 0 bridgehead atoms. The van der Waals surface area contributed by atoms with Crippen molar-refractivity contribution in [1.82, 2.24) is 4.90 Å². The fourth-order valence-electron chi connectivity index (χ4n) is 2.69. The second-order valence-electron chi connectivity index (χ2n) is 5.34. The molecule has 0 aliphatic carbocycles. The van der Waals surface area contributed by atoms with Crippen LogP contribution in [0, 0.1) is 5.92 Å². The number of rotatable bonds is 4. The summed E-state index contributed by atoms with van der Waals surface area (Å²) in [4.78, 5) is 2.43. The van der Waals surface area contributed by atoms with Gasteiger partial charge in [-0.05, 0) is 11.5 Å². The van der Waals surface area contributed by atoms with E-state index >= 15 is 0 Å². The molecule has 0 saturated carbocycles. The van der Waals surface area contributed by atoms with E-state index in [1.54, 1.807) is 0 Å². The number of aliphatic hydroxyl groups excluding tert-OH is 1. The molecular formula is C15H23NO2. The first-order valence-electron chi connectivity index (χ1n) is 6.74. The molecular weight excluding hydrogens is 226 g/mol. The van der Waals surface area contributed by atoms with Crippen molar-refractivity contribution in [3.05, 3.63) is 35.9 Å². The molecule has 1 heterocycles. The van der Waals surface area contributed by atoms with Gasteiger partial charge in [-0.3, -0.25) is 4.90 Å². The van der Waals surface area contributed by atoms with Gasteiger partial charge in [-0.2, -0.15) is 0 Å². The molecule has 1 saturated heterocycles. The van der Waals surface area contributed by atoms with Gasteiger partial charge in [0.15, 0.2) is 0 Å². The van der Waals surface area contributed by atoms with Gasteiger partial charge in [0.05, 0.1) is 19.3 Å². The first-order valence-corrected chi connectivity index (χ1v) is 6.74. The number of nitrogens with zero attached hydrogens (tertiary/aromatic N) is 1. The van der Waals surface area contributed by atoms with Gasteiger partial charge in [0, 0.05) is 13.1 Å². The molecule has 0 radical (unpaired) electrons. The van der Waals surface area contributed by atoms with E-state index in [1.807, 2.05) is 18.2 Å². The molecule has 3 heteroatoms. The monoisotopic (exact) mass is 249 g/mol. The quantitative estimate of drug-likeness (QED) is 0.886. The van der Waals surface area contributed by atoms with Crippen LogP contribution in [-0.2, 0) is 4.74 Å². The van der Waals surface area contributed by atoms with Crippen molar-refractivity contribution in [3.63, 3.8) is 0 Å². The Morgan fingerprint density at radius 2 is 2.06 bits per heavy atom. The van der Waals surface area contributed by atoms with Crippen LogP contribution in [0.4, 0.5) is 0 Å². The topological polar surface area (TPSA) is 32.7 Å². The molecule has 0 aromatic heterocycles. The molecule has 100 valence electrons. The van der Waals surface area contributed by atoms with Crippen molar-refractivity contribution in [3.8, 4) is 0 Å². The minimum absolute atomic E-state index is 0.0775. The zero-order valence-electron chi connectivity index (χ0n) is 11.2. The van der Waals surface area contributed by atoms with Gasteiger partial charge >= 0.3 is 0 Å². The first kappa shape index (κ1) is 13.5. The highest BCUT2D eigenvalue weighted by atomic mass is 16.5. The Morgan fingerprint density at radius 1 is 1.33 bits per heavy atom. The summed E-state index contributed by atoms with van der Waals surface area (Å²) in [5.74, 6) is 0.619. The third kappa shape index (κ3) is 3.10. The highest BCUT2D eigenvalue weighted by Crippen LogP contribution is 2.29. The lowest BCUT2D eigenvalue weighted by molar-refractivity contribution is -0.0957. The molecule has 18 heavy (non-hydrogen) atoms. The van der Waals surface area contributed by atoms with Crippen LogP contribution in [0.25, 0.3) is 0 Å².